The van der Waals surface area contributed by atoms with E-state index in [4.69, 9.17) is 23.2 Å². The Hall–Kier alpha value is -2.52. The largest absolute Gasteiger partial charge is 0.463 e. The van der Waals surface area contributed by atoms with Crippen LogP contribution in [0.2, 0.25) is 10.0 Å². The van der Waals surface area contributed by atoms with Crippen LogP contribution in [0.3, 0.4) is 0 Å². The van der Waals surface area contributed by atoms with Crippen molar-refractivity contribution < 1.29 is 31.9 Å². The lowest BCUT2D eigenvalue weighted by Crippen LogP contribution is -2.69. The van der Waals surface area contributed by atoms with Crippen LogP contribution in [0.1, 0.15) is 17.3 Å². The summed E-state index contributed by atoms with van der Waals surface area (Å²) in [6.45, 7) is 0.905. The van der Waals surface area contributed by atoms with Gasteiger partial charge in [0.2, 0.25) is 0 Å². The Kier molecular flexibility index (Phi) is 6.97. The molecule has 0 spiro atoms. The molecule has 11 heteroatoms. The average molecular weight is 453 g/mol. The molecule has 0 unspecified atom stereocenters. The maximum absolute atomic E-state index is 14.1. The van der Waals surface area contributed by atoms with Gasteiger partial charge in [0.25, 0.3) is 5.91 Å². The van der Waals surface area contributed by atoms with E-state index in [-0.39, 0.29) is 16.3 Å². The van der Waals surface area contributed by atoms with Gasteiger partial charge < -0.3 is 15.4 Å². The van der Waals surface area contributed by atoms with E-state index < -0.39 is 41.2 Å². The standard InChI is InChI=1S/C18H14Cl2F4N2O3/c1-2-29-16(28)17(18(22,23)24,25-12-6-7-14(21)13(20)9-12)26-15(27)10-4-3-5-11(19)8-10/h3-9,25H,2H2,1H3,(H,26,27)/t17-/m0/s1. The van der Waals surface area contributed by atoms with Gasteiger partial charge in [0.05, 0.1) is 11.6 Å². The average Bonchev–Trinajstić information content (AvgIpc) is 2.63. The number of rotatable bonds is 6. The van der Waals surface area contributed by atoms with E-state index >= 15 is 0 Å². The third-order valence-electron chi connectivity index (χ3n) is 3.65. The van der Waals surface area contributed by atoms with Gasteiger partial charge in [0.1, 0.15) is 5.82 Å². The normalized spacial score (nSPS) is 13.3. The number of nitrogens with one attached hydrogen (secondary N) is 2. The topological polar surface area (TPSA) is 67.4 Å². The predicted molar refractivity (Wildman–Crippen MR) is 99.4 cm³/mol. The van der Waals surface area contributed by atoms with Gasteiger partial charge in [-0.2, -0.15) is 13.2 Å². The highest BCUT2D eigenvalue weighted by molar-refractivity contribution is 6.31. The number of hydrogen-bond donors (Lipinski definition) is 2. The Labute approximate surface area is 172 Å². The lowest BCUT2D eigenvalue weighted by molar-refractivity contribution is -0.204. The van der Waals surface area contributed by atoms with E-state index in [9.17, 15) is 27.2 Å². The zero-order valence-electron chi connectivity index (χ0n) is 14.7. The number of carbonyl (C=O) groups is 2. The zero-order valence-corrected chi connectivity index (χ0v) is 16.3. The molecule has 0 saturated heterocycles. The Bertz CT molecular complexity index is 924. The van der Waals surface area contributed by atoms with Crippen molar-refractivity contribution >= 4 is 40.8 Å². The van der Waals surface area contributed by atoms with E-state index in [1.807, 2.05) is 5.32 Å². The van der Waals surface area contributed by atoms with E-state index in [0.29, 0.717) is 0 Å². The number of esters is 1. The number of hydrogen-bond acceptors (Lipinski definition) is 4. The number of amides is 1. The minimum atomic E-state index is -5.35. The summed E-state index contributed by atoms with van der Waals surface area (Å²) in [6.07, 6.45) is -5.35. The third-order valence-corrected chi connectivity index (χ3v) is 4.17. The monoisotopic (exact) mass is 452 g/mol. The van der Waals surface area contributed by atoms with E-state index in [0.717, 1.165) is 24.3 Å². The van der Waals surface area contributed by atoms with Gasteiger partial charge in [-0.05, 0) is 43.3 Å². The van der Waals surface area contributed by atoms with E-state index in [1.54, 1.807) is 5.32 Å². The van der Waals surface area contributed by atoms with Crippen LogP contribution in [-0.4, -0.2) is 30.3 Å². The van der Waals surface area contributed by atoms with Crippen LogP contribution in [0.5, 0.6) is 0 Å². The van der Waals surface area contributed by atoms with Gasteiger partial charge in [-0.3, -0.25) is 4.79 Å². The fourth-order valence-corrected chi connectivity index (χ4v) is 2.66. The van der Waals surface area contributed by atoms with Crippen LogP contribution < -0.4 is 10.6 Å². The SMILES string of the molecule is CCOC(=O)[C@@](NC(=O)c1cccc(Cl)c1)(Nc1ccc(F)c(Cl)c1)C(F)(F)F. The van der Waals surface area contributed by atoms with Crippen molar-refractivity contribution in [2.24, 2.45) is 0 Å². The van der Waals surface area contributed by atoms with Crippen LogP contribution >= 0.6 is 23.2 Å². The zero-order chi connectivity index (χ0) is 21.8. The number of ether oxygens (including phenoxy) is 1. The Morgan fingerprint density at radius 3 is 2.34 bits per heavy atom. The maximum Gasteiger partial charge on any atom is 0.441 e. The van der Waals surface area contributed by atoms with Crippen LogP contribution in [0.25, 0.3) is 0 Å². The van der Waals surface area contributed by atoms with Gasteiger partial charge in [0, 0.05) is 16.3 Å². The molecule has 2 aromatic carbocycles. The molecule has 2 rings (SSSR count). The maximum atomic E-state index is 14.1. The minimum absolute atomic E-state index is 0.102. The molecule has 0 radical (unpaired) electrons. The van der Waals surface area contributed by atoms with Crippen molar-refractivity contribution in [3.8, 4) is 0 Å². The Morgan fingerprint density at radius 2 is 1.79 bits per heavy atom. The number of alkyl halides is 3. The molecule has 2 N–H and O–H groups in total. The summed E-state index contributed by atoms with van der Waals surface area (Å²) in [7, 11) is 0. The highest BCUT2D eigenvalue weighted by atomic mass is 35.5. The van der Waals surface area contributed by atoms with Gasteiger partial charge in [-0.25, -0.2) is 9.18 Å². The molecule has 1 amide bonds. The first-order valence-corrected chi connectivity index (χ1v) is 8.81. The molecular weight excluding hydrogens is 439 g/mol. The van der Waals surface area contributed by atoms with Crippen molar-refractivity contribution in [1.82, 2.24) is 5.32 Å². The lowest BCUT2D eigenvalue weighted by atomic mass is 10.1. The van der Waals surface area contributed by atoms with Crippen LogP contribution in [0.4, 0.5) is 23.2 Å². The summed E-state index contributed by atoms with van der Waals surface area (Å²) in [6, 6.07) is 7.66. The summed E-state index contributed by atoms with van der Waals surface area (Å²) < 4.78 is 60.1. The van der Waals surface area contributed by atoms with E-state index in [1.165, 1.54) is 25.1 Å². The first kappa shape index (κ1) is 22.8. The van der Waals surface area contributed by atoms with Gasteiger partial charge in [-0.1, -0.05) is 29.3 Å². The van der Waals surface area contributed by atoms with Crippen LogP contribution in [0, 0.1) is 5.82 Å². The van der Waals surface area contributed by atoms with Gasteiger partial charge in [-0.15, -0.1) is 0 Å². The number of benzene rings is 2. The smallest absolute Gasteiger partial charge is 0.441 e. The van der Waals surface area contributed by atoms with Crippen molar-refractivity contribution in [3.05, 3.63) is 63.9 Å². The fourth-order valence-electron chi connectivity index (χ4n) is 2.29. The molecule has 2 aromatic rings. The number of halogens is 6. The Morgan fingerprint density at radius 1 is 1.10 bits per heavy atom. The summed E-state index contributed by atoms with van der Waals surface area (Å²) in [5, 5.41) is 3.13. The Balaban J connectivity index is 2.54. The van der Waals surface area contributed by atoms with Gasteiger partial charge >= 0.3 is 17.8 Å². The summed E-state index contributed by atoms with van der Waals surface area (Å²) in [5.74, 6) is -3.95. The molecule has 1 atom stereocenters. The van der Waals surface area contributed by atoms with Gasteiger partial charge in [0.15, 0.2) is 0 Å². The second-order valence-electron chi connectivity index (χ2n) is 5.69. The number of carbonyl (C=O) groups excluding carboxylic acids is 2. The van der Waals surface area contributed by atoms with Crippen LogP contribution in [-0.2, 0) is 9.53 Å². The number of anilines is 1. The molecule has 0 heterocycles. The molecule has 156 valence electrons. The molecule has 0 aliphatic carbocycles. The summed E-state index contributed by atoms with van der Waals surface area (Å²) in [4.78, 5) is 24.8. The minimum Gasteiger partial charge on any atom is -0.463 e. The molecule has 0 bridgehead atoms. The fraction of sp³-hybridized carbons (Fsp3) is 0.222. The molecular formula is C18H14Cl2F4N2O3. The quantitative estimate of drug-likeness (QED) is 0.375. The predicted octanol–water partition coefficient (Wildman–Crippen LogP) is 4.80. The van der Waals surface area contributed by atoms with Crippen molar-refractivity contribution in [3.63, 3.8) is 0 Å². The molecule has 0 saturated carbocycles. The second-order valence-corrected chi connectivity index (χ2v) is 6.53. The van der Waals surface area contributed by atoms with Crippen LogP contribution in [0.15, 0.2) is 42.5 Å². The highest BCUT2D eigenvalue weighted by Gasteiger charge is 2.63. The van der Waals surface area contributed by atoms with Crippen molar-refractivity contribution in [1.29, 1.82) is 0 Å². The summed E-state index contributed by atoms with van der Waals surface area (Å²) in [5.41, 5.74) is -4.29. The molecule has 0 aromatic heterocycles. The summed E-state index contributed by atoms with van der Waals surface area (Å²) >= 11 is 11.4. The molecule has 5 nitrogen and oxygen atoms in total. The lowest BCUT2D eigenvalue weighted by Gasteiger charge is -2.35. The molecule has 29 heavy (non-hydrogen) atoms. The molecule has 0 aliphatic heterocycles. The van der Waals surface area contributed by atoms with E-state index in [2.05, 4.69) is 4.74 Å². The first-order chi connectivity index (χ1) is 13.5. The van der Waals surface area contributed by atoms with Crippen molar-refractivity contribution in [2.75, 3.05) is 11.9 Å². The first-order valence-electron chi connectivity index (χ1n) is 8.05. The third kappa shape index (κ3) is 5.10. The molecule has 0 fully saturated rings. The molecule has 0 aliphatic rings. The van der Waals surface area contributed by atoms with Crippen molar-refractivity contribution in [2.45, 2.75) is 18.8 Å². The highest BCUT2D eigenvalue weighted by Crippen LogP contribution is 2.34. The second kappa shape index (κ2) is 8.87.